The number of amides is 2. The van der Waals surface area contributed by atoms with Gasteiger partial charge < -0.3 is 10.6 Å². The number of nitrogens with one attached hydrogen (secondary N) is 2. The fraction of sp³-hybridized carbons (Fsp3) is 0.150. The Balaban J connectivity index is 1.60. The second kappa shape index (κ2) is 8.01. The molecule has 1 aromatic heterocycles. The summed E-state index contributed by atoms with van der Waals surface area (Å²) in [5.74, 6) is 0.0488. The number of thioether (sulfide) groups is 1. The smallest absolute Gasteiger partial charge is 0.234 e. The number of carbonyl (C=O) groups excluding carboxylic acids is 2. The summed E-state index contributed by atoms with van der Waals surface area (Å²) >= 11 is 1.42. The van der Waals surface area contributed by atoms with Gasteiger partial charge >= 0.3 is 0 Å². The SMILES string of the molecule is CC(=O)Nc1ccc(NC(=O)CSc2nc3ccccc3cc2C)cc1. The van der Waals surface area contributed by atoms with Crippen LogP contribution in [0, 0.1) is 6.92 Å². The Morgan fingerprint density at radius 2 is 1.65 bits per heavy atom. The number of aromatic nitrogens is 1. The van der Waals surface area contributed by atoms with Crippen LogP contribution in [0.25, 0.3) is 10.9 Å². The first-order chi connectivity index (χ1) is 12.5. The maximum Gasteiger partial charge on any atom is 0.234 e. The van der Waals surface area contributed by atoms with Crippen molar-refractivity contribution >= 4 is 45.9 Å². The molecule has 26 heavy (non-hydrogen) atoms. The van der Waals surface area contributed by atoms with Crippen molar-refractivity contribution < 1.29 is 9.59 Å². The zero-order valence-corrected chi connectivity index (χ0v) is 15.4. The van der Waals surface area contributed by atoms with Gasteiger partial charge in [-0.15, -0.1) is 0 Å². The van der Waals surface area contributed by atoms with E-state index < -0.39 is 0 Å². The predicted octanol–water partition coefficient (Wildman–Crippen LogP) is 4.23. The highest BCUT2D eigenvalue weighted by Crippen LogP contribution is 2.24. The molecule has 2 aromatic carbocycles. The van der Waals surface area contributed by atoms with E-state index in [9.17, 15) is 9.59 Å². The minimum Gasteiger partial charge on any atom is -0.326 e. The summed E-state index contributed by atoms with van der Waals surface area (Å²) in [5, 5.41) is 7.49. The highest BCUT2D eigenvalue weighted by atomic mass is 32.2. The number of hydrogen-bond donors (Lipinski definition) is 2. The fourth-order valence-corrected chi connectivity index (χ4v) is 3.31. The number of carbonyl (C=O) groups is 2. The monoisotopic (exact) mass is 365 g/mol. The molecular weight excluding hydrogens is 346 g/mol. The Kier molecular flexibility index (Phi) is 5.53. The van der Waals surface area contributed by atoms with E-state index in [-0.39, 0.29) is 17.6 Å². The Morgan fingerprint density at radius 3 is 2.35 bits per heavy atom. The van der Waals surface area contributed by atoms with Gasteiger partial charge in [0, 0.05) is 23.7 Å². The third-order valence-electron chi connectivity index (χ3n) is 3.70. The fourth-order valence-electron chi connectivity index (χ4n) is 2.52. The van der Waals surface area contributed by atoms with Gasteiger partial charge in [0.1, 0.15) is 5.03 Å². The Labute approximate surface area is 156 Å². The summed E-state index contributed by atoms with van der Waals surface area (Å²) < 4.78 is 0. The van der Waals surface area contributed by atoms with Crippen LogP contribution in [0.5, 0.6) is 0 Å². The number of para-hydroxylation sites is 1. The van der Waals surface area contributed by atoms with Crippen molar-refractivity contribution in [3.05, 3.63) is 60.2 Å². The maximum atomic E-state index is 12.2. The second-order valence-electron chi connectivity index (χ2n) is 5.90. The van der Waals surface area contributed by atoms with E-state index >= 15 is 0 Å². The summed E-state index contributed by atoms with van der Waals surface area (Å²) in [6.45, 7) is 3.45. The number of anilines is 2. The number of aryl methyl sites for hydroxylation is 1. The van der Waals surface area contributed by atoms with E-state index in [4.69, 9.17) is 0 Å². The topological polar surface area (TPSA) is 71.1 Å². The zero-order chi connectivity index (χ0) is 18.5. The minimum absolute atomic E-state index is 0.100. The quantitative estimate of drug-likeness (QED) is 0.664. The number of pyridine rings is 1. The molecule has 0 radical (unpaired) electrons. The molecule has 0 atom stereocenters. The highest BCUT2D eigenvalue weighted by Gasteiger charge is 2.08. The van der Waals surface area contributed by atoms with Gasteiger partial charge in [0.15, 0.2) is 0 Å². The molecule has 1 heterocycles. The first-order valence-corrected chi connectivity index (χ1v) is 9.16. The normalized spacial score (nSPS) is 10.5. The molecular formula is C20H19N3O2S. The van der Waals surface area contributed by atoms with Crippen LogP contribution in [0.4, 0.5) is 11.4 Å². The Hall–Kier alpha value is -2.86. The van der Waals surface area contributed by atoms with E-state index in [1.165, 1.54) is 18.7 Å². The summed E-state index contributed by atoms with van der Waals surface area (Å²) in [7, 11) is 0. The van der Waals surface area contributed by atoms with Gasteiger partial charge in [0.25, 0.3) is 0 Å². The van der Waals surface area contributed by atoms with Crippen LogP contribution in [-0.4, -0.2) is 22.6 Å². The van der Waals surface area contributed by atoms with Gasteiger partial charge in [-0.1, -0.05) is 30.0 Å². The van der Waals surface area contributed by atoms with Crippen LogP contribution in [0.15, 0.2) is 59.6 Å². The van der Waals surface area contributed by atoms with Crippen LogP contribution in [0.2, 0.25) is 0 Å². The van der Waals surface area contributed by atoms with E-state index in [0.717, 1.165) is 21.5 Å². The largest absolute Gasteiger partial charge is 0.326 e. The molecule has 0 aliphatic rings. The van der Waals surface area contributed by atoms with Crippen molar-refractivity contribution in [1.29, 1.82) is 0 Å². The Morgan fingerprint density at radius 1 is 1.00 bits per heavy atom. The predicted molar refractivity (Wildman–Crippen MR) is 107 cm³/mol. The van der Waals surface area contributed by atoms with Crippen molar-refractivity contribution in [2.75, 3.05) is 16.4 Å². The van der Waals surface area contributed by atoms with Crippen LogP contribution >= 0.6 is 11.8 Å². The van der Waals surface area contributed by atoms with E-state index in [0.29, 0.717) is 11.4 Å². The second-order valence-corrected chi connectivity index (χ2v) is 6.86. The molecule has 0 bridgehead atoms. The van der Waals surface area contributed by atoms with Gasteiger partial charge in [-0.05, 0) is 48.9 Å². The van der Waals surface area contributed by atoms with Crippen LogP contribution in [-0.2, 0) is 9.59 Å². The molecule has 0 saturated heterocycles. The molecule has 5 nitrogen and oxygen atoms in total. The molecule has 0 spiro atoms. The molecule has 132 valence electrons. The third kappa shape index (κ3) is 4.61. The summed E-state index contributed by atoms with van der Waals surface area (Å²) in [5.41, 5.74) is 3.37. The lowest BCUT2D eigenvalue weighted by molar-refractivity contribution is -0.114. The number of rotatable bonds is 5. The van der Waals surface area contributed by atoms with Gasteiger partial charge in [-0.3, -0.25) is 9.59 Å². The molecule has 2 amide bonds. The van der Waals surface area contributed by atoms with Crippen LogP contribution in [0.3, 0.4) is 0 Å². The van der Waals surface area contributed by atoms with Crippen molar-refractivity contribution in [1.82, 2.24) is 4.98 Å². The number of benzene rings is 2. The molecule has 0 fully saturated rings. The molecule has 0 saturated carbocycles. The van der Waals surface area contributed by atoms with Crippen molar-refractivity contribution in [3.63, 3.8) is 0 Å². The molecule has 2 N–H and O–H groups in total. The molecule has 3 aromatic rings. The van der Waals surface area contributed by atoms with Crippen LogP contribution in [0.1, 0.15) is 12.5 Å². The first kappa shape index (κ1) is 17.9. The van der Waals surface area contributed by atoms with Crippen molar-refractivity contribution in [2.45, 2.75) is 18.9 Å². The van der Waals surface area contributed by atoms with Gasteiger partial charge in [0.2, 0.25) is 11.8 Å². The lowest BCUT2D eigenvalue weighted by atomic mass is 10.2. The van der Waals surface area contributed by atoms with Crippen LogP contribution < -0.4 is 10.6 Å². The van der Waals surface area contributed by atoms with Gasteiger partial charge in [0.05, 0.1) is 11.3 Å². The number of hydrogen-bond acceptors (Lipinski definition) is 4. The molecule has 0 unspecified atom stereocenters. The van der Waals surface area contributed by atoms with Gasteiger partial charge in [-0.2, -0.15) is 0 Å². The first-order valence-electron chi connectivity index (χ1n) is 8.18. The van der Waals surface area contributed by atoms with E-state index in [1.54, 1.807) is 24.3 Å². The molecule has 3 rings (SSSR count). The third-order valence-corrected chi connectivity index (χ3v) is 4.79. The zero-order valence-electron chi connectivity index (χ0n) is 14.6. The Bertz CT molecular complexity index is 955. The summed E-state index contributed by atoms with van der Waals surface area (Å²) in [6.07, 6.45) is 0. The maximum absolute atomic E-state index is 12.2. The summed E-state index contributed by atoms with van der Waals surface area (Å²) in [4.78, 5) is 27.8. The van der Waals surface area contributed by atoms with Crippen molar-refractivity contribution in [2.24, 2.45) is 0 Å². The van der Waals surface area contributed by atoms with E-state index in [1.807, 2.05) is 31.2 Å². The number of fused-ring (bicyclic) bond motifs is 1. The summed E-state index contributed by atoms with van der Waals surface area (Å²) in [6, 6.07) is 17.0. The average Bonchev–Trinajstić information content (AvgIpc) is 2.61. The standard InChI is InChI=1S/C20H19N3O2S/c1-13-11-15-5-3-4-6-18(15)23-20(13)26-12-19(25)22-17-9-7-16(8-10-17)21-14(2)24/h3-11H,12H2,1-2H3,(H,21,24)(H,22,25). The molecule has 0 aliphatic carbocycles. The molecule has 6 heteroatoms. The van der Waals surface area contributed by atoms with Crippen molar-refractivity contribution in [3.8, 4) is 0 Å². The lowest BCUT2D eigenvalue weighted by Crippen LogP contribution is -2.14. The highest BCUT2D eigenvalue weighted by molar-refractivity contribution is 8.00. The number of nitrogens with zero attached hydrogens (tertiary/aromatic N) is 1. The van der Waals surface area contributed by atoms with Gasteiger partial charge in [-0.25, -0.2) is 4.98 Å². The molecule has 0 aliphatic heterocycles. The van der Waals surface area contributed by atoms with E-state index in [2.05, 4.69) is 21.7 Å². The minimum atomic E-state index is -0.128. The lowest BCUT2D eigenvalue weighted by Gasteiger charge is -2.08. The average molecular weight is 365 g/mol.